The second-order valence-electron chi connectivity index (χ2n) is 5.51. The average molecular weight is 356 g/mol. The molecule has 1 heterocycles. The van der Waals surface area contributed by atoms with Crippen LogP contribution in [0, 0.1) is 0 Å². The topological polar surface area (TPSA) is 82.7 Å². The minimum absolute atomic E-state index is 0.216. The number of amides is 1. The summed E-state index contributed by atoms with van der Waals surface area (Å²) in [5, 5.41) is 17.0. The van der Waals surface area contributed by atoms with E-state index in [2.05, 4.69) is 33.0 Å². The third-order valence-corrected chi connectivity index (χ3v) is 4.01. The molecule has 0 aliphatic heterocycles. The van der Waals surface area contributed by atoms with Gasteiger partial charge in [0.15, 0.2) is 11.5 Å². The van der Waals surface area contributed by atoms with Crippen LogP contribution in [0.25, 0.3) is 0 Å². The molecule has 3 N–H and O–H groups in total. The van der Waals surface area contributed by atoms with Gasteiger partial charge in [-0.25, -0.2) is 0 Å². The summed E-state index contributed by atoms with van der Waals surface area (Å²) >= 11 is 5.85. The summed E-state index contributed by atoms with van der Waals surface area (Å²) in [5.74, 6) is 0.0780. The van der Waals surface area contributed by atoms with E-state index < -0.39 is 0 Å². The van der Waals surface area contributed by atoms with Crippen LogP contribution in [0.4, 0.5) is 11.5 Å². The molecule has 0 aliphatic rings. The van der Waals surface area contributed by atoms with Crippen molar-refractivity contribution < 1.29 is 4.79 Å². The Hall–Kier alpha value is -2.86. The third kappa shape index (κ3) is 4.36. The Kier molecular flexibility index (Phi) is 5.30. The molecule has 6 nitrogen and oxygen atoms in total. The fraction of sp³-hybridized carbons (Fsp3) is 0.167. The Labute approximate surface area is 150 Å². The quantitative estimate of drug-likeness (QED) is 0.629. The molecule has 1 amide bonds. The summed E-state index contributed by atoms with van der Waals surface area (Å²) < 4.78 is 0. The van der Waals surface area contributed by atoms with Crippen molar-refractivity contribution in [3.63, 3.8) is 0 Å². The average Bonchev–Trinajstić information content (AvgIpc) is 3.10. The largest absolute Gasteiger partial charge is 0.346 e. The van der Waals surface area contributed by atoms with Gasteiger partial charge in [0.1, 0.15) is 0 Å². The maximum absolute atomic E-state index is 12.4. The van der Waals surface area contributed by atoms with E-state index in [4.69, 9.17) is 11.6 Å². The van der Waals surface area contributed by atoms with Gasteiger partial charge >= 0.3 is 0 Å². The number of benzene rings is 2. The van der Waals surface area contributed by atoms with Crippen LogP contribution < -0.4 is 10.6 Å². The van der Waals surface area contributed by atoms with Gasteiger partial charge in [-0.1, -0.05) is 42.8 Å². The van der Waals surface area contributed by atoms with Crippen molar-refractivity contribution >= 4 is 29.0 Å². The molecule has 3 rings (SSSR count). The molecule has 0 fully saturated rings. The number of hydrogen-bond acceptors (Lipinski definition) is 4. The van der Waals surface area contributed by atoms with Crippen LogP contribution >= 0.6 is 11.6 Å². The van der Waals surface area contributed by atoms with Gasteiger partial charge in [-0.2, -0.15) is 5.21 Å². The third-order valence-electron chi connectivity index (χ3n) is 3.75. The highest BCUT2D eigenvalue weighted by molar-refractivity contribution is 6.30. The number of rotatable bonds is 6. The van der Waals surface area contributed by atoms with Gasteiger partial charge in [0.2, 0.25) is 0 Å². The van der Waals surface area contributed by atoms with Crippen molar-refractivity contribution in [2.75, 3.05) is 5.32 Å². The number of aromatic amines is 1. The summed E-state index contributed by atoms with van der Waals surface area (Å²) in [7, 11) is 0. The van der Waals surface area contributed by atoms with E-state index in [-0.39, 0.29) is 11.6 Å². The van der Waals surface area contributed by atoms with Gasteiger partial charge in [-0.3, -0.25) is 4.79 Å². The zero-order chi connectivity index (χ0) is 17.6. The summed E-state index contributed by atoms with van der Waals surface area (Å²) in [6.07, 6.45) is 0.975. The van der Waals surface area contributed by atoms with E-state index in [1.165, 1.54) is 5.56 Å². The Balaban J connectivity index is 1.65. The predicted octanol–water partition coefficient (Wildman–Crippen LogP) is 3.69. The van der Waals surface area contributed by atoms with Crippen molar-refractivity contribution in [2.24, 2.45) is 0 Å². The summed E-state index contributed by atoms with van der Waals surface area (Å²) in [6.45, 7) is 2.48. The fourth-order valence-corrected chi connectivity index (χ4v) is 2.43. The van der Waals surface area contributed by atoms with E-state index >= 15 is 0 Å². The minimum Gasteiger partial charge on any atom is -0.346 e. The lowest BCUT2D eigenvalue weighted by molar-refractivity contribution is 0.0946. The lowest BCUT2D eigenvalue weighted by atomic mass is 10.1. The first-order valence-electron chi connectivity index (χ1n) is 7.95. The minimum atomic E-state index is -0.309. The Morgan fingerprint density at radius 3 is 2.40 bits per heavy atom. The van der Waals surface area contributed by atoms with E-state index in [0.717, 1.165) is 17.7 Å². The maximum atomic E-state index is 12.4. The number of carbonyl (C=O) groups is 1. The highest BCUT2D eigenvalue weighted by Gasteiger charge is 2.16. The number of aromatic nitrogens is 3. The molecule has 0 saturated heterocycles. The molecule has 7 heteroatoms. The highest BCUT2D eigenvalue weighted by atomic mass is 35.5. The molecule has 0 aliphatic carbocycles. The van der Waals surface area contributed by atoms with Crippen LogP contribution in [-0.2, 0) is 13.0 Å². The molecule has 128 valence electrons. The molecule has 0 spiro atoms. The van der Waals surface area contributed by atoms with Crippen LogP contribution in [0.5, 0.6) is 0 Å². The van der Waals surface area contributed by atoms with Crippen LogP contribution in [0.1, 0.15) is 28.5 Å². The van der Waals surface area contributed by atoms with Gasteiger partial charge in [-0.15, -0.1) is 10.2 Å². The summed E-state index contributed by atoms with van der Waals surface area (Å²) in [5.41, 5.74) is 3.25. The Bertz CT molecular complexity index is 843. The molecule has 25 heavy (non-hydrogen) atoms. The number of nitrogens with zero attached hydrogens (tertiary/aromatic N) is 2. The van der Waals surface area contributed by atoms with Crippen LogP contribution in [0.3, 0.4) is 0 Å². The lowest BCUT2D eigenvalue weighted by Gasteiger charge is -2.07. The number of nitrogens with one attached hydrogen (secondary N) is 3. The normalized spacial score (nSPS) is 10.5. The first-order chi connectivity index (χ1) is 12.2. The van der Waals surface area contributed by atoms with Gasteiger partial charge in [0.05, 0.1) is 0 Å². The summed E-state index contributed by atoms with van der Waals surface area (Å²) in [6, 6.07) is 15.2. The Morgan fingerprint density at radius 2 is 1.72 bits per heavy atom. The summed E-state index contributed by atoms with van der Waals surface area (Å²) in [4.78, 5) is 12.4. The van der Waals surface area contributed by atoms with Gasteiger partial charge in [-0.05, 0) is 41.8 Å². The van der Waals surface area contributed by atoms with Crippen LogP contribution in [0.15, 0.2) is 48.5 Å². The van der Waals surface area contributed by atoms with Crippen molar-refractivity contribution in [3.05, 3.63) is 70.4 Å². The fourth-order valence-electron chi connectivity index (χ4n) is 2.31. The van der Waals surface area contributed by atoms with Crippen molar-refractivity contribution in [1.29, 1.82) is 0 Å². The molecule has 3 aromatic rings. The van der Waals surface area contributed by atoms with Crippen molar-refractivity contribution in [3.8, 4) is 0 Å². The van der Waals surface area contributed by atoms with E-state index in [9.17, 15) is 4.79 Å². The smallest absolute Gasteiger partial charge is 0.275 e. The Morgan fingerprint density at radius 1 is 1.04 bits per heavy atom. The molecule has 0 unspecified atom stereocenters. The number of aryl methyl sites for hydroxylation is 1. The first kappa shape index (κ1) is 17.0. The second-order valence-corrected chi connectivity index (χ2v) is 5.94. The number of H-pyrrole nitrogens is 1. The zero-order valence-corrected chi connectivity index (χ0v) is 14.5. The molecule has 2 aromatic carbocycles. The lowest BCUT2D eigenvalue weighted by Crippen LogP contribution is -2.24. The van der Waals surface area contributed by atoms with E-state index in [1.807, 2.05) is 36.4 Å². The van der Waals surface area contributed by atoms with Crippen molar-refractivity contribution in [2.45, 2.75) is 19.9 Å². The van der Waals surface area contributed by atoms with Crippen LogP contribution in [0.2, 0.25) is 5.02 Å². The maximum Gasteiger partial charge on any atom is 0.275 e. The number of carbonyl (C=O) groups excluding carboxylic acids is 1. The van der Waals surface area contributed by atoms with E-state index in [1.54, 1.807) is 12.1 Å². The molecule has 1 aromatic heterocycles. The van der Waals surface area contributed by atoms with Crippen LogP contribution in [-0.4, -0.2) is 21.3 Å². The number of anilines is 2. The molecular formula is C18H18ClN5O. The molecule has 0 radical (unpaired) electrons. The molecule has 0 bridgehead atoms. The molecular weight excluding hydrogens is 338 g/mol. The first-order valence-corrected chi connectivity index (χ1v) is 8.33. The second kappa shape index (κ2) is 7.81. The number of hydrogen-bond donors (Lipinski definition) is 3. The standard InChI is InChI=1S/C18H18ClN5O/c1-2-12-5-9-15(10-6-12)21-17-16(22-24-23-17)18(25)20-11-13-3-7-14(19)8-4-13/h3-10H,2,11H2,1H3,(H,20,25)(H2,21,22,23,24). The zero-order valence-electron chi connectivity index (χ0n) is 13.7. The predicted molar refractivity (Wildman–Crippen MR) is 98.1 cm³/mol. The molecule has 0 saturated carbocycles. The van der Waals surface area contributed by atoms with Gasteiger partial charge in [0, 0.05) is 17.3 Å². The monoisotopic (exact) mass is 355 g/mol. The van der Waals surface area contributed by atoms with Gasteiger partial charge < -0.3 is 10.6 Å². The molecule has 0 atom stereocenters. The highest BCUT2D eigenvalue weighted by Crippen LogP contribution is 2.18. The number of halogens is 1. The SMILES string of the molecule is CCc1ccc(Nc2n[nH]nc2C(=O)NCc2ccc(Cl)cc2)cc1. The van der Waals surface area contributed by atoms with Gasteiger partial charge in [0.25, 0.3) is 5.91 Å². The van der Waals surface area contributed by atoms with Crippen molar-refractivity contribution in [1.82, 2.24) is 20.7 Å². The van der Waals surface area contributed by atoms with E-state index in [0.29, 0.717) is 17.4 Å².